The lowest BCUT2D eigenvalue weighted by atomic mass is 10.1. The van der Waals surface area contributed by atoms with Gasteiger partial charge in [0.25, 0.3) is 5.92 Å². The van der Waals surface area contributed by atoms with Crippen molar-refractivity contribution in [3.63, 3.8) is 0 Å². The first-order valence-electron chi connectivity index (χ1n) is 10.2. The summed E-state index contributed by atoms with van der Waals surface area (Å²) in [6, 6.07) is 10.3. The fourth-order valence-corrected chi connectivity index (χ4v) is 4.31. The number of halogens is 5. The second kappa shape index (κ2) is 7.50. The molecule has 1 aliphatic heterocycles. The molecule has 0 radical (unpaired) electrons. The highest BCUT2D eigenvalue weighted by molar-refractivity contribution is 5.85. The maximum atomic E-state index is 14.4. The topological polar surface area (TPSA) is 23.6 Å². The van der Waals surface area contributed by atoms with Crippen LogP contribution < -0.4 is 4.90 Å². The van der Waals surface area contributed by atoms with Crippen LogP contribution in [0.4, 0.5) is 27.6 Å². The average molecular weight is 438 g/mol. The average Bonchev–Trinajstić information content (AvgIpc) is 3.29. The van der Waals surface area contributed by atoms with Crippen LogP contribution >= 0.6 is 0 Å². The van der Waals surface area contributed by atoms with Crippen molar-refractivity contribution >= 4 is 11.6 Å². The summed E-state index contributed by atoms with van der Waals surface area (Å²) in [6.07, 6.45) is -4.44. The summed E-state index contributed by atoms with van der Waals surface area (Å²) in [6.45, 7) is 4.57. The van der Waals surface area contributed by atoms with Crippen molar-refractivity contribution < 1.29 is 26.7 Å². The Morgan fingerprint density at radius 2 is 1.58 bits per heavy atom. The van der Waals surface area contributed by atoms with Crippen molar-refractivity contribution in [3.05, 3.63) is 64.7 Å². The fraction of sp³-hybridized carbons (Fsp3) is 0.435. The maximum absolute atomic E-state index is 14.4. The summed E-state index contributed by atoms with van der Waals surface area (Å²) >= 11 is 0. The van der Waals surface area contributed by atoms with Gasteiger partial charge in [0.05, 0.1) is 11.5 Å². The lowest BCUT2D eigenvalue weighted by molar-refractivity contribution is -0.137. The van der Waals surface area contributed by atoms with Gasteiger partial charge in [-0.3, -0.25) is 4.79 Å². The van der Waals surface area contributed by atoms with E-state index in [2.05, 4.69) is 0 Å². The maximum Gasteiger partial charge on any atom is 0.416 e. The van der Waals surface area contributed by atoms with Crippen LogP contribution in [0, 0.1) is 19.8 Å². The van der Waals surface area contributed by atoms with Gasteiger partial charge in [-0.1, -0.05) is 35.9 Å². The molecule has 1 aliphatic carbocycles. The highest BCUT2D eigenvalue weighted by Gasteiger charge is 2.72. The number of amides is 1. The molecule has 3 nitrogen and oxygen atoms in total. The number of piperazine rings is 1. The Balaban J connectivity index is 1.44. The standard InChI is InChI=1S/C23H23F5N2O/c1-14-3-6-16(7-4-14)19-20(22(19,24)25)21(31)30-11-9-29(10-12-30)18-13-17(23(26,27)28)8-5-15(18)2/h3-8,13,19-20H,9-12H2,1-2H3/t19?,20-/m1/s1. The molecule has 166 valence electrons. The fourth-order valence-electron chi connectivity index (χ4n) is 4.31. The highest BCUT2D eigenvalue weighted by Crippen LogP contribution is 2.62. The third-order valence-electron chi connectivity index (χ3n) is 6.22. The number of benzene rings is 2. The van der Waals surface area contributed by atoms with Crippen molar-refractivity contribution in [3.8, 4) is 0 Å². The molecule has 2 aromatic rings. The molecule has 0 bridgehead atoms. The van der Waals surface area contributed by atoms with Gasteiger partial charge in [0.1, 0.15) is 5.92 Å². The number of rotatable bonds is 3. The van der Waals surface area contributed by atoms with Gasteiger partial charge >= 0.3 is 6.18 Å². The van der Waals surface area contributed by atoms with Crippen molar-refractivity contribution in [1.82, 2.24) is 4.90 Å². The van der Waals surface area contributed by atoms with Crippen LogP contribution in [0.15, 0.2) is 42.5 Å². The molecular formula is C23H23F5N2O. The van der Waals surface area contributed by atoms with Gasteiger partial charge < -0.3 is 9.80 Å². The molecule has 0 aromatic heterocycles. The number of aryl methyl sites for hydroxylation is 2. The summed E-state index contributed by atoms with van der Waals surface area (Å²) in [7, 11) is 0. The number of carbonyl (C=O) groups is 1. The van der Waals surface area contributed by atoms with E-state index in [9.17, 15) is 26.7 Å². The Kier molecular flexibility index (Phi) is 5.22. The molecule has 0 spiro atoms. The second-order valence-electron chi connectivity index (χ2n) is 8.35. The number of hydrogen-bond acceptors (Lipinski definition) is 2. The Morgan fingerprint density at radius 3 is 2.16 bits per heavy atom. The van der Waals surface area contributed by atoms with Crippen LogP contribution in [0.1, 0.15) is 28.2 Å². The Morgan fingerprint density at radius 1 is 0.968 bits per heavy atom. The minimum Gasteiger partial charge on any atom is -0.368 e. The number of anilines is 1. The van der Waals surface area contributed by atoms with E-state index in [0.717, 1.165) is 17.7 Å². The Labute approximate surface area is 177 Å². The van der Waals surface area contributed by atoms with E-state index in [-0.39, 0.29) is 13.1 Å². The number of carbonyl (C=O) groups excluding carboxylic acids is 1. The van der Waals surface area contributed by atoms with Crippen molar-refractivity contribution in [2.75, 3.05) is 31.1 Å². The molecule has 1 unspecified atom stereocenters. The summed E-state index contributed by atoms with van der Waals surface area (Å²) in [5.41, 5.74) is 1.83. The zero-order valence-corrected chi connectivity index (χ0v) is 17.2. The molecule has 31 heavy (non-hydrogen) atoms. The zero-order chi connectivity index (χ0) is 22.6. The predicted molar refractivity (Wildman–Crippen MR) is 107 cm³/mol. The van der Waals surface area contributed by atoms with Gasteiger partial charge in [-0.2, -0.15) is 13.2 Å². The minimum absolute atomic E-state index is 0.196. The lowest BCUT2D eigenvalue weighted by Gasteiger charge is -2.37. The first kappa shape index (κ1) is 21.6. The van der Waals surface area contributed by atoms with Gasteiger partial charge in [0, 0.05) is 31.9 Å². The normalized spacial score (nSPS) is 23.1. The van der Waals surface area contributed by atoms with Gasteiger partial charge in [0.15, 0.2) is 0 Å². The Bertz CT molecular complexity index is 978. The predicted octanol–water partition coefficient (Wildman–Crippen LogP) is 5.02. The molecule has 1 saturated carbocycles. The van der Waals surface area contributed by atoms with E-state index < -0.39 is 35.4 Å². The van der Waals surface area contributed by atoms with E-state index >= 15 is 0 Å². The first-order valence-corrected chi connectivity index (χ1v) is 10.2. The highest BCUT2D eigenvalue weighted by atomic mass is 19.4. The van der Waals surface area contributed by atoms with Gasteiger partial charge in [-0.05, 0) is 37.1 Å². The van der Waals surface area contributed by atoms with E-state index in [1.807, 2.05) is 6.92 Å². The quantitative estimate of drug-likeness (QED) is 0.629. The van der Waals surface area contributed by atoms with E-state index in [4.69, 9.17) is 0 Å². The monoisotopic (exact) mass is 438 g/mol. The molecule has 2 fully saturated rings. The first-order chi connectivity index (χ1) is 14.5. The minimum atomic E-state index is -4.44. The van der Waals surface area contributed by atoms with Gasteiger partial charge in [-0.25, -0.2) is 8.78 Å². The van der Waals surface area contributed by atoms with Crippen LogP contribution in [0.5, 0.6) is 0 Å². The van der Waals surface area contributed by atoms with Crippen LogP contribution in [0.3, 0.4) is 0 Å². The molecule has 1 heterocycles. The summed E-state index contributed by atoms with van der Waals surface area (Å²) in [5.74, 6) is -6.17. The SMILES string of the molecule is Cc1ccc(C2[C@H](C(=O)N3CCN(c4cc(C(F)(F)F)ccc4C)CC3)C2(F)F)cc1. The summed E-state index contributed by atoms with van der Waals surface area (Å²) < 4.78 is 68.1. The molecule has 1 saturated heterocycles. The summed E-state index contributed by atoms with van der Waals surface area (Å²) in [4.78, 5) is 16.0. The summed E-state index contributed by atoms with van der Waals surface area (Å²) in [5, 5.41) is 0. The van der Waals surface area contributed by atoms with Gasteiger partial charge in [0.2, 0.25) is 5.91 Å². The molecule has 2 atom stereocenters. The molecule has 2 aromatic carbocycles. The van der Waals surface area contributed by atoms with Crippen LogP contribution in [0.2, 0.25) is 0 Å². The van der Waals surface area contributed by atoms with Crippen LogP contribution in [-0.4, -0.2) is 42.9 Å². The number of nitrogens with zero attached hydrogens (tertiary/aromatic N) is 2. The third-order valence-corrected chi connectivity index (χ3v) is 6.22. The largest absolute Gasteiger partial charge is 0.416 e. The third kappa shape index (κ3) is 4.00. The second-order valence-corrected chi connectivity index (χ2v) is 8.35. The zero-order valence-electron chi connectivity index (χ0n) is 17.2. The lowest BCUT2D eigenvalue weighted by Crippen LogP contribution is -2.50. The van der Waals surface area contributed by atoms with Crippen molar-refractivity contribution in [2.45, 2.75) is 31.9 Å². The number of alkyl halides is 5. The Hall–Kier alpha value is -2.64. The van der Waals surface area contributed by atoms with E-state index in [0.29, 0.717) is 29.9 Å². The smallest absolute Gasteiger partial charge is 0.368 e. The van der Waals surface area contributed by atoms with Crippen LogP contribution in [0.25, 0.3) is 0 Å². The molecule has 1 amide bonds. The van der Waals surface area contributed by atoms with E-state index in [1.165, 1.54) is 11.0 Å². The molecular weight excluding hydrogens is 415 g/mol. The molecule has 4 rings (SSSR count). The van der Waals surface area contributed by atoms with E-state index in [1.54, 1.807) is 36.1 Å². The van der Waals surface area contributed by atoms with Crippen molar-refractivity contribution in [2.24, 2.45) is 5.92 Å². The number of hydrogen-bond donors (Lipinski definition) is 0. The van der Waals surface area contributed by atoms with Crippen molar-refractivity contribution in [1.29, 1.82) is 0 Å². The van der Waals surface area contributed by atoms with Gasteiger partial charge in [-0.15, -0.1) is 0 Å². The molecule has 8 heteroatoms. The van der Waals surface area contributed by atoms with Crippen LogP contribution in [-0.2, 0) is 11.0 Å². The molecule has 0 N–H and O–H groups in total. The molecule has 2 aliphatic rings.